The average Bonchev–Trinajstić information content (AvgIpc) is 2.82. The molecule has 17 heavy (non-hydrogen) atoms. The second-order valence-corrected chi connectivity index (χ2v) is 5.64. The number of nitrogens with zero attached hydrogens (tertiary/aromatic N) is 1. The third kappa shape index (κ3) is 2.26. The van der Waals surface area contributed by atoms with Gasteiger partial charge in [-0.15, -0.1) is 0 Å². The maximum absolute atomic E-state index is 10.6. The Bertz CT molecular complexity index is 337. The van der Waals surface area contributed by atoms with Crippen molar-refractivity contribution < 1.29 is 9.52 Å². The Kier molecular flexibility index (Phi) is 3.59. The predicted molar refractivity (Wildman–Crippen MR) is 67.7 cm³/mol. The average molecular weight is 237 g/mol. The molecule has 1 aromatic rings. The second-order valence-electron chi connectivity index (χ2n) is 5.64. The van der Waals surface area contributed by atoms with Gasteiger partial charge in [0.25, 0.3) is 0 Å². The Morgan fingerprint density at radius 2 is 2.06 bits per heavy atom. The van der Waals surface area contributed by atoms with Crippen molar-refractivity contribution in [2.24, 2.45) is 5.92 Å². The van der Waals surface area contributed by atoms with Gasteiger partial charge in [0.15, 0.2) is 0 Å². The fraction of sp³-hybridized carbons (Fsp3) is 0.714. The number of aliphatic hydroxyl groups is 1. The Morgan fingerprint density at radius 3 is 2.53 bits per heavy atom. The van der Waals surface area contributed by atoms with Gasteiger partial charge in [-0.2, -0.15) is 0 Å². The van der Waals surface area contributed by atoms with Crippen LogP contribution >= 0.6 is 0 Å². The molecule has 0 aromatic carbocycles. The normalized spacial score (nSPS) is 31.7. The molecule has 0 saturated heterocycles. The van der Waals surface area contributed by atoms with Crippen LogP contribution in [0, 0.1) is 5.92 Å². The summed E-state index contributed by atoms with van der Waals surface area (Å²) in [6.07, 6.45) is 7.31. The first kappa shape index (κ1) is 12.7. The van der Waals surface area contributed by atoms with Crippen LogP contribution in [0.4, 0.5) is 0 Å². The summed E-state index contributed by atoms with van der Waals surface area (Å²) in [5.41, 5.74) is 0.768. The van der Waals surface area contributed by atoms with Gasteiger partial charge in [-0.1, -0.05) is 6.92 Å². The van der Waals surface area contributed by atoms with Gasteiger partial charge >= 0.3 is 0 Å². The van der Waals surface area contributed by atoms with E-state index in [1.807, 2.05) is 6.07 Å². The van der Waals surface area contributed by atoms with Gasteiger partial charge in [0, 0.05) is 5.56 Å². The summed E-state index contributed by atoms with van der Waals surface area (Å²) in [5, 5.41) is 10.6. The van der Waals surface area contributed by atoms with Crippen molar-refractivity contribution in [3.8, 4) is 0 Å². The lowest BCUT2D eigenvalue weighted by Crippen LogP contribution is -2.51. The minimum atomic E-state index is -0.455. The van der Waals surface area contributed by atoms with Crippen molar-refractivity contribution in [3.05, 3.63) is 24.2 Å². The number of rotatable bonds is 3. The molecule has 3 nitrogen and oxygen atoms in total. The van der Waals surface area contributed by atoms with Crippen LogP contribution in [-0.4, -0.2) is 29.6 Å². The van der Waals surface area contributed by atoms with Crippen molar-refractivity contribution in [2.45, 2.75) is 44.2 Å². The quantitative estimate of drug-likeness (QED) is 0.878. The van der Waals surface area contributed by atoms with E-state index in [1.54, 1.807) is 12.5 Å². The third-order valence-electron chi connectivity index (χ3n) is 4.40. The van der Waals surface area contributed by atoms with Crippen molar-refractivity contribution in [3.63, 3.8) is 0 Å². The van der Waals surface area contributed by atoms with E-state index in [4.69, 9.17) is 4.42 Å². The molecule has 1 aromatic heterocycles. The molecule has 0 aliphatic heterocycles. The predicted octanol–water partition coefficient (Wildman–Crippen LogP) is 2.82. The van der Waals surface area contributed by atoms with Crippen molar-refractivity contribution in [1.29, 1.82) is 0 Å². The molecular formula is C14H23NO2. The number of likely N-dealkylation sites (N-methyl/N-ethyl adjacent to an activating group) is 1. The smallest absolute Gasteiger partial charge is 0.100 e. The molecule has 1 fully saturated rings. The third-order valence-corrected chi connectivity index (χ3v) is 4.40. The molecule has 0 amide bonds. The maximum Gasteiger partial charge on any atom is 0.100 e. The summed E-state index contributed by atoms with van der Waals surface area (Å²) in [7, 11) is 4.14. The SMILES string of the molecule is CC1CCC(C(O)c2ccoc2)(N(C)C)CC1. The first-order valence-electron chi connectivity index (χ1n) is 6.44. The molecule has 96 valence electrons. The maximum atomic E-state index is 10.6. The van der Waals surface area contributed by atoms with Crippen molar-refractivity contribution in [2.75, 3.05) is 14.1 Å². The van der Waals surface area contributed by atoms with Crippen LogP contribution in [0.1, 0.15) is 44.3 Å². The van der Waals surface area contributed by atoms with Crippen molar-refractivity contribution >= 4 is 0 Å². The van der Waals surface area contributed by atoms with Crippen LogP contribution in [0.15, 0.2) is 23.0 Å². The highest BCUT2D eigenvalue weighted by Gasteiger charge is 2.43. The molecule has 1 heterocycles. The molecule has 1 unspecified atom stereocenters. The topological polar surface area (TPSA) is 36.6 Å². The van der Waals surface area contributed by atoms with Crippen LogP contribution in [0.5, 0.6) is 0 Å². The van der Waals surface area contributed by atoms with E-state index < -0.39 is 6.10 Å². The number of hydrogen-bond donors (Lipinski definition) is 1. The lowest BCUT2D eigenvalue weighted by Gasteiger charge is -2.47. The van der Waals surface area contributed by atoms with E-state index in [0.29, 0.717) is 0 Å². The molecule has 0 spiro atoms. The van der Waals surface area contributed by atoms with Crippen LogP contribution < -0.4 is 0 Å². The van der Waals surface area contributed by atoms with Crippen LogP contribution in [0.3, 0.4) is 0 Å². The minimum absolute atomic E-state index is 0.129. The van der Waals surface area contributed by atoms with E-state index >= 15 is 0 Å². The number of furan rings is 1. The molecule has 1 saturated carbocycles. The molecule has 3 heteroatoms. The van der Waals surface area contributed by atoms with Crippen molar-refractivity contribution in [1.82, 2.24) is 4.90 Å². The molecule has 1 aliphatic carbocycles. The highest BCUT2D eigenvalue weighted by Crippen LogP contribution is 2.43. The van der Waals surface area contributed by atoms with E-state index in [1.165, 1.54) is 12.8 Å². The van der Waals surface area contributed by atoms with E-state index in [0.717, 1.165) is 24.3 Å². The Labute approximate surface area is 103 Å². The fourth-order valence-corrected chi connectivity index (χ4v) is 2.97. The van der Waals surface area contributed by atoms with E-state index in [-0.39, 0.29) is 5.54 Å². The van der Waals surface area contributed by atoms with E-state index in [9.17, 15) is 5.11 Å². The second kappa shape index (κ2) is 4.83. The minimum Gasteiger partial charge on any atom is -0.472 e. The Morgan fingerprint density at radius 1 is 1.41 bits per heavy atom. The first-order valence-corrected chi connectivity index (χ1v) is 6.44. The van der Waals surface area contributed by atoms with Gasteiger partial charge in [-0.25, -0.2) is 0 Å². The summed E-state index contributed by atoms with van der Waals surface area (Å²) < 4.78 is 5.09. The molecule has 1 aliphatic rings. The zero-order chi connectivity index (χ0) is 12.5. The molecular weight excluding hydrogens is 214 g/mol. The summed E-state index contributed by atoms with van der Waals surface area (Å²) in [6, 6.07) is 1.87. The molecule has 0 radical (unpaired) electrons. The highest BCUT2D eigenvalue weighted by atomic mass is 16.3. The van der Waals surface area contributed by atoms with Crippen LogP contribution in [0.2, 0.25) is 0 Å². The fourth-order valence-electron chi connectivity index (χ4n) is 2.97. The molecule has 2 rings (SSSR count). The molecule has 1 atom stereocenters. The summed E-state index contributed by atoms with van der Waals surface area (Å²) in [5.74, 6) is 0.777. The lowest BCUT2D eigenvalue weighted by molar-refractivity contribution is -0.0410. The van der Waals surface area contributed by atoms with Gasteiger partial charge in [0.2, 0.25) is 0 Å². The van der Waals surface area contributed by atoms with Gasteiger partial charge in [-0.3, -0.25) is 0 Å². The standard InChI is InChI=1S/C14H23NO2/c1-11-4-7-14(8-5-11,15(2)3)13(16)12-6-9-17-10-12/h6,9-11,13,16H,4-5,7-8H2,1-3H3. The Hall–Kier alpha value is -0.800. The van der Waals surface area contributed by atoms with Gasteiger partial charge in [0.05, 0.1) is 18.1 Å². The van der Waals surface area contributed by atoms with E-state index in [2.05, 4.69) is 25.9 Å². The summed E-state index contributed by atoms with van der Waals surface area (Å²) in [6.45, 7) is 2.30. The summed E-state index contributed by atoms with van der Waals surface area (Å²) in [4.78, 5) is 2.19. The monoisotopic (exact) mass is 237 g/mol. The number of hydrogen-bond acceptors (Lipinski definition) is 3. The van der Waals surface area contributed by atoms with Crippen LogP contribution in [-0.2, 0) is 0 Å². The zero-order valence-corrected chi connectivity index (χ0v) is 11.0. The molecule has 1 N–H and O–H groups in total. The highest BCUT2D eigenvalue weighted by molar-refractivity contribution is 5.16. The first-order chi connectivity index (χ1) is 8.06. The van der Waals surface area contributed by atoms with Crippen LogP contribution in [0.25, 0.3) is 0 Å². The van der Waals surface area contributed by atoms with Gasteiger partial charge in [0.1, 0.15) is 6.10 Å². The zero-order valence-electron chi connectivity index (χ0n) is 11.0. The molecule has 0 bridgehead atoms. The lowest BCUT2D eigenvalue weighted by atomic mass is 9.72. The largest absolute Gasteiger partial charge is 0.472 e. The van der Waals surface area contributed by atoms with Gasteiger partial charge < -0.3 is 14.4 Å². The number of aliphatic hydroxyl groups excluding tert-OH is 1. The summed E-state index contributed by atoms with van der Waals surface area (Å²) >= 11 is 0. The Balaban J connectivity index is 2.22. The van der Waals surface area contributed by atoms with Gasteiger partial charge in [-0.05, 0) is 51.8 Å².